The molecule has 2 rings (SSSR count). The Hall–Kier alpha value is -1.41. The van der Waals surface area contributed by atoms with Crippen molar-refractivity contribution in [1.82, 2.24) is 14.3 Å². The van der Waals surface area contributed by atoms with E-state index < -0.39 is 15.6 Å². The fraction of sp³-hybridized carbons (Fsp3) is 0.667. The van der Waals surface area contributed by atoms with Crippen molar-refractivity contribution in [2.24, 2.45) is 12.8 Å². The standard InChI is InChI=1S/C12H21N5O2S/c1-17-8-10(15-9-17)20(18,19)16-12(11(13)14)6-4-2-3-5-7-12/h8-9,16H,2-7H2,1H3,(H3,13,14). The molecule has 1 aliphatic carbocycles. The van der Waals surface area contributed by atoms with Gasteiger partial charge in [0.1, 0.15) is 5.84 Å². The number of rotatable bonds is 4. The van der Waals surface area contributed by atoms with Gasteiger partial charge in [-0.1, -0.05) is 25.7 Å². The number of sulfonamides is 1. The Morgan fingerprint density at radius 2 is 2.00 bits per heavy atom. The molecule has 1 aromatic heterocycles. The zero-order chi connectivity index (χ0) is 14.8. The van der Waals surface area contributed by atoms with E-state index in [4.69, 9.17) is 11.1 Å². The summed E-state index contributed by atoms with van der Waals surface area (Å²) in [5, 5.41) is 7.77. The molecule has 1 heterocycles. The van der Waals surface area contributed by atoms with E-state index in [9.17, 15) is 8.42 Å². The van der Waals surface area contributed by atoms with Crippen molar-refractivity contribution in [1.29, 1.82) is 5.41 Å². The number of hydrogen-bond donors (Lipinski definition) is 3. The predicted octanol–water partition coefficient (Wildman–Crippen LogP) is 0.727. The molecule has 0 spiro atoms. The lowest BCUT2D eigenvalue weighted by molar-refractivity contribution is 0.433. The lowest BCUT2D eigenvalue weighted by Gasteiger charge is -2.31. The molecule has 0 aliphatic heterocycles. The molecule has 0 unspecified atom stereocenters. The number of hydrogen-bond acceptors (Lipinski definition) is 4. The molecule has 0 amide bonds. The van der Waals surface area contributed by atoms with E-state index in [1.165, 1.54) is 12.5 Å². The van der Waals surface area contributed by atoms with Crippen LogP contribution in [-0.4, -0.2) is 29.3 Å². The van der Waals surface area contributed by atoms with Gasteiger partial charge in [-0.05, 0) is 12.8 Å². The summed E-state index contributed by atoms with van der Waals surface area (Å²) in [5.41, 5.74) is 4.73. The second kappa shape index (κ2) is 5.53. The van der Waals surface area contributed by atoms with Crippen molar-refractivity contribution < 1.29 is 8.42 Å². The fourth-order valence-electron chi connectivity index (χ4n) is 2.60. The second-order valence-electron chi connectivity index (χ2n) is 5.39. The van der Waals surface area contributed by atoms with Crippen molar-refractivity contribution in [2.45, 2.75) is 49.1 Å². The molecule has 4 N–H and O–H groups in total. The van der Waals surface area contributed by atoms with Gasteiger partial charge >= 0.3 is 0 Å². The highest BCUT2D eigenvalue weighted by molar-refractivity contribution is 7.89. The minimum absolute atomic E-state index is 0.0372. The van der Waals surface area contributed by atoms with E-state index in [0.29, 0.717) is 12.8 Å². The van der Waals surface area contributed by atoms with E-state index in [1.807, 2.05) is 0 Å². The zero-order valence-electron chi connectivity index (χ0n) is 11.6. The molecule has 0 bridgehead atoms. The van der Waals surface area contributed by atoms with Crippen LogP contribution in [0, 0.1) is 5.41 Å². The smallest absolute Gasteiger partial charge is 0.260 e. The van der Waals surface area contributed by atoms with Gasteiger partial charge in [-0.25, -0.2) is 13.4 Å². The maximum absolute atomic E-state index is 12.4. The first-order valence-electron chi connectivity index (χ1n) is 6.72. The molecule has 8 heteroatoms. The van der Waals surface area contributed by atoms with Crippen LogP contribution < -0.4 is 10.5 Å². The summed E-state index contributed by atoms with van der Waals surface area (Å²) in [5.74, 6) is -0.112. The van der Waals surface area contributed by atoms with Crippen molar-refractivity contribution in [3.05, 3.63) is 12.5 Å². The van der Waals surface area contributed by atoms with Gasteiger partial charge in [0.25, 0.3) is 10.0 Å². The average Bonchev–Trinajstić information content (AvgIpc) is 2.67. The molecule has 112 valence electrons. The lowest BCUT2D eigenvalue weighted by atomic mass is 9.90. The van der Waals surface area contributed by atoms with E-state index in [0.717, 1.165) is 25.7 Å². The Morgan fingerprint density at radius 1 is 1.40 bits per heavy atom. The van der Waals surface area contributed by atoms with Crippen LogP contribution in [0.15, 0.2) is 17.6 Å². The highest BCUT2D eigenvalue weighted by Crippen LogP contribution is 2.28. The Kier molecular flexibility index (Phi) is 4.14. The van der Waals surface area contributed by atoms with Gasteiger partial charge in [-0.2, -0.15) is 4.72 Å². The molecule has 0 aromatic carbocycles. The largest absolute Gasteiger partial charge is 0.386 e. The molecule has 0 saturated heterocycles. The van der Waals surface area contributed by atoms with Crippen molar-refractivity contribution in [3.8, 4) is 0 Å². The maximum atomic E-state index is 12.4. The quantitative estimate of drug-likeness (QED) is 0.432. The Balaban J connectivity index is 2.30. The minimum atomic E-state index is -3.76. The van der Waals surface area contributed by atoms with E-state index in [1.54, 1.807) is 11.6 Å². The summed E-state index contributed by atoms with van der Waals surface area (Å²) in [6, 6.07) is 0. The van der Waals surface area contributed by atoms with Gasteiger partial charge in [0.15, 0.2) is 5.03 Å². The van der Waals surface area contributed by atoms with Crippen LogP contribution in [0.5, 0.6) is 0 Å². The van der Waals surface area contributed by atoms with Crippen molar-refractivity contribution in [2.75, 3.05) is 0 Å². The molecule has 0 radical (unpaired) electrons. The van der Waals surface area contributed by atoms with Crippen LogP contribution in [0.2, 0.25) is 0 Å². The number of imidazole rings is 1. The van der Waals surface area contributed by atoms with E-state index >= 15 is 0 Å². The summed E-state index contributed by atoms with van der Waals surface area (Å²) >= 11 is 0. The number of nitrogens with zero attached hydrogens (tertiary/aromatic N) is 2. The number of aryl methyl sites for hydroxylation is 1. The molecular weight excluding hydrogens is 278 g/mol. The van der Waals surface area contributed by atoms with Gasteiger partial charge < -0.3 is 10.3 Å². The highest BCUT2D eigenvalue weighted by atomic mass is 32.2. The third kappa shape index (κ3) is 3.01. The first-order chi connectivity index (χ1) is 9.36. The first-order valence-corrected chi connectivity index (χ1v) is 8.20. The van der Waals surface area contributed by atoms with E-state index in [2.05, 4.69) is 9.71 Å². The van der Waals surface area contributed by atoms with Gasteiger partial charge in [0.2, 0.25) is 0 Å². The van der Waals surface area contributed by atoms with Gasteiger partial charge in [-0.3, -0.25) is 5.41 Å². The number of amidine groups is 1. The predicted molar refractivity (Wildman–Crippen MR) is 75.9 cm³/mol. The van der Waals surface area contributed by atoms with E-state index in [-0.39, 0.29) is 10.9 Å². The van der Waals surface area contributed by atoms with Crippen LogP contribution in [0.3, 0.4) is 0 Å². The Labute approximate surface area is 119 Å². The third-order valence-electron chi connectivity index (χ3n) is 3.76. The molecule has 1 aliphatic rings. The zero-order valence-corrected chi connectivity index (χ0v) is 12.4. The second-order valence-corrected chi connectivity index (χ2v) is 7.02. The third-order valence-corrected chi connectivity index (χ3v) is 5.18. The molecule has 1 saturated carbocycles. The van der Waals surface area contributed by atoms with Crippen LogP contribution in [0.25, 0.3) is 0 Å². The van der Waals surface area contributed by atoms with Crippen LogP contribution in [0.1, 0.15) is 38.5 Å². The normalized spacial score (nSPS) is 19.4. The summed E-state index contributed by atoms with van der Waals surface area (Å²) in [4.78, 5) is 3.87. The Bertz CT molecular complexity index is 585. The SMILES string of the molecule is Cn1cnc(S(=O)(=O)NC2(C(=N)N)CCCCCC2)c1. The molecule has 1 fully saturated rings. The molecule has 7 nitrogen and oxygen atoms in total. The van der Waals surface area contributed by atoms with Crippen molar-refractivity contribution >= 4 is 15.9 Å². The number of nitrogens with two attached hydrogens (primary N) is 1. The minimum Gasteiger partial charge on any atom is -0.386 e. The fourth-order valence-corrected chi connectivity index (χ4v) is 4.02. The number of aromatic nitrogens is 2. The first kappa shape index (κ1) is 15.0. The number of nitrogens with one attached hydrogen (secondary N) is 2. The molecule has 1 aromatic rings. The monoisotopic (exact) mass is 299 g/mol. The van der Waals surface area contributed by atoms with Gasteiger partial charge in [0, 0.05) is 13.2 Å². The summed E-state index contributed by atoms with van der Waals surface area (Å²) in [6.45, 7) is 0. The topological polar surface area (TPSA) is 114 Å². The highest BCUT2D eigenvalue weighted by Gasteiger charge is 2.39. The molecule has 20 heavy (non-hydrogen) atoms. The molecular formula is C12H21N5O2S. The van der Waals surface area contributed by atoms with Crippen LogP contribution >= 0.6 is 0 Å². The van der Waals surface area contributed by atoms with Crippen LogP contribution in [0.4, 0.5) is 0 Å². The summed E-state index contributed by atoms with van der Waals surface area (Å²) < 4.78 is 29.0. The summed E-state index contributed by atoms with van der Waals surface area (Å²) in [7, 11) is -2.05. The van der Waals surface area contributed by atoms with Gasteiger partial charge in [-0.15, -0.1) is 0 Å². The summed E-state index contributed by atoms with van der Waals surface area (Å²) in [6.07, 6.45) is 7.81. The lowest BCUT2D eigenvalue weighted by Crippen LogP contribution is -2.56. The van der Waals surface area contributed by atoms with Crippen molar-refractivity contribution in [3.63, 3.8) is 0 Å². The Morgan fingerprint density at radius 3 is 2.45 bits per heavy atom. The average molecular weight is 299 g/mol. The maximum Gasteiger partial charge on any atom is 0.260 e. The molecule has 0 atom stereocenters. The van der Waals surface area contributed by atoms with Gasteiger partial charge in [0.05, 0.1) is 11.9 Å². The van der Waals surface area contributed by atoms with Crippen LogP contribution in [-0.2, 0) is 17.1 Å².